The molecule has 1 N–H and O–H groups in total. The van der Waals surface area contributed by atoms with E-state index in [9.17, 15) is 20.0 Å². The molecule has 2 rings (SSSR count). The van der Waals surface area contributed by atoms with Crippen LogP contribution in [0.1, 0.15) is 12.5 Å². The first kappa shape index (κ1) is 13.5. The van der Waals surface area contributed by atoms with Gasteiger partial charge in [-0.2, -0.15) is 0 Å². The van der Waals surface area contributed by atoms with Gasteiger partial charge < -0.3 is 5.11 Å². The quantitative estimate of drug-likeness (QED) is 0.687. The molecule has 6 heteroatoms. The largest absolute Gasteiger partial charge is 0.503 e. The molecule has 0 atom stereocenters. The van der Waals surface area contributed by atoms with Crippen LogP contribution >= 0.6 is 0 Å². The predicted octanol–water partition coefficient (Wildman–Crippen LogP) is 2.48. The fourth-order valence-corrected chi connectivity index (χ4v) is 1.86. The summed E-state index contributed by atoms with van der Waals surface area (Å²) >= 11 is 0. The molecule has 0 radical (unpaired) electrons. The topological polar surface area (TPSA) is 85.4 Å². The lowest BCUT2D eigenvalue weighted by molar-refractivity contribution is -0.384. The van der Waals surface area contributed by atoms with Crippen molar-refractivity contribution < 1.29 is 10.0 Å². The third-order valence-corrected chi connectivity index (χ3v) is 2.75. The molecule has 0 bridgehead atoms. The number of nitrogens with zero attached hydrogens (tertiary/aromatic N) is 2. The van der Waals surface area contributed by atoms with Gasteiger partial charge in [-0.25, -0.2) is 0 Å². The number of pyridine rings is 1. The van der Waals surface area contributed by atoms with Crippen LogP contribution in [0.5, 0.6) is 5.75 Å². The highest BCUT2D eigenvalue weighted by molar-refractivity contribution is 5.64. The zero-order valence-electron chi connectivity index (χ0n) is 10.7. The van der Waals surface area contributed by atoms with Crippen molar-refractivity contribution in [1.82, 2.24) is 4.57 Å². The summed E-state index contributed by atoms with van der Waals surface area (Å²) in [6, 6.07) is 7.00. The van der Waals surface area contributed by atoms with Crippen LogP contribution < -0.4 is 5.56 Å². The molecule has 102 valence electrons. The van der Waals surface area contributed by atoms with Crippen LogP contribution in [0.25, 0.3) is 11.8 Å². The SMILES string of the molecule is C/C=C/c1cc([N+](=O)[O-])ccc1-n1cccc(O)c1=O. The van der Waals surface area contributed by atoms with Crippen molar-refractivity contribution in [2.75, 3.05) is 0 Å². The molecular formula is C14H12N2O4. The lowest BCUT2D eigenvalue weighted by Gasteiger charge is -2.09. The van der Waals surface area contributed by atoms with Gasteiger partial charge in [-0.1, -0.05) is 12.2 Å². The second kappa shape index (κ2) is 5.40. The maximum Gasteiger partial charge on any atom is 0.297 e. The second-order valence-electron chi connectivity index (χ2n) is 4.07. The third-order valence-electron chi connectivity index (χ3n) is 2.75. The lowest BCUT2D eigenvalue weighted by Crippen LogP contribution is -2.17. The zero-order valence-corrected chi connectivity index (χ0v) is 10.7. The van der Waals surface area contributed by atoms with Gasteiger partial charge in [0.2, 0.25) is 0 Å². The van der Waals surface area contributed by atoms with Crippen molar-refractivity contribution in [3.63, 3.8) is 0 Å². The molecule has 0 aliphatic heterocycles. The van der Waals surface area contributed by atoms with E-state index in [1.54, 1.807) is 19.1 Å². The molecule has 0 amide bonds. The normalized spacial score (nSPS) is 10.8. The minimum absolute atomic E-state index is 0.0601. The Kier molecular flexibility index (Phi) is 3.65. The Morgan fingerprint density at radius 2 is 2.10 bits per heavy atom. The summed E-state index contributed by atoms with van der Waals surface area (Å²) in [7, 11) is 0. The fraction of sp³-hybridized carbons (Fsp3) is 0.0714. The minimum Gasteiger partial charge on any atom is -0.503 e. The van der Waals surface area contributed by atoms with E-state index in [2.05, 4.69) is 0 Å². The molecule has 1 aromatic heterocycles. The van der Waals surface area contributed by atoms with E-state index < -0.39 is 10.5 Å². The summed E-state index contributed by atoms with van der Waals surface area (Å²) in [6.07, 6.45) is 4.88. The molecule has 0 saturated heterocycles. The highest BCUT2D eigenvalue weighted by Gasteiger charge is 2.12. The Balaban J connectivity index is 2.70. The molecule has 2 aromatic rings. The fourth-order valence-electron chi connectivity index (χ4n) is 1.86. The number of non-ortho nitro benzene ring substituents is 1. The summed E-state index contributed by atoms with van der Waals surface area (Å²) in [5.74, 6) is -0.378. The van der Waals surface area contributed by atoms with Crippen molar-refractivity contribution in [3.05, 3.63) is 68.6 Å². The monoisotopic (exact) mass is 272 g/mol. The number of rotatable bonds is 3. The van der Waals surface area contributed by atoms with Crippen LogP contribution in [0.2, 0.25) is 0 Å². The molecule has 0 saturated carbocycles. The van der Waals surface area contributed by atoms with Gasteiger partial charge in [0.15, 0.2) is 5.75 Å². The number of benzene rings is 1. The molecule has 0 spiro atoms. The molecule has 0 aliphatic rings. The third kappa shape index (κ3) is 2.44. The van der Waals surface area contributed by atoms with Gasteiger partial charge in [-0.15, -0.1) is 0 Å². The Bertz CT molecular complexity index is 747. The molecule has 6 nitrogen and oxygen atoms in total. The van der Waals surface area contributed by atoms with E-state index in [1.165, 1.54) is 41.1 Å². The Hall–Kier alpha value is -2.89. The summed E-state index contributed by atoms with van der Waals surface area (Å²) in [6.45, 7) is 1.77. The van der Waals surface area contributed by atoms with Gasteiger partial charge in [0.1, 0.15) is 0 Å². The number of aromatic hydroxyl groups is 1. The second-order valence-corrected chi connectivity index (χ2v) is 4.07. The molecule has 0 aliphatic carbocycles. The Labute approximate surface area is 114 Å². The zero-order chi connectivity index (χ0) is 14.7. The van der Waals surface area contributed by atoms with Crippen molar-refractivity contribution in [2.45, 2.75) is 6.92 Å². The van der Waals surface area contributed by atoms with Crippen molar-refractivity contribution in [3.8, 4) is 11.4 Å². The highest BCUT2D eigenvalue weighted by atomic mass is 16.6. The summed E-state index contributed by atoms with van der Waals surface area (Å²) in [5.41, 5.74) is 0.353. The number of aromatic nitrogens is 1. The molecule has 0 unspecified atom stereocenters. The average molecular weight is 272 g/mol. The predicted molar refractivity (Wildman–Crippen MR) is 75.1 cm³/mol. The first-order chi connectivity index (χ1) is 9.54. The summed E-state index contributed by atoms with van der Waals surface area (Å²) in [4.78, 5) is 22.2. The number of hydrogen-bond donors (Lipinski definition) is 1. The Morgan fingerprint density at radius 1 is 1.35 bits per heavy atom. The molecule has 1 aromatic carbocycles. The van der Waals surface area contributed by atoms with E-state index in [0.29, 0.717) is 11.3 Å². The molecule has 1 heterocycles. The average Bonchev–Trinajstić information content (AvgIpc) is 2.42. The maximum atomic E-state index is 11.9. The van der Waals surface area contributed by atoms with Crippen LogP contribution in [0.15, 0.2) is 47.4 Å². The molecular weight excluding hydrogens is 260 g/mol. The first-order valence-corrected chi connectivity index (χ1v) is 5.86. The number of hydrogen-bond acceptors (Lipinski definition) is 4. The number of nitro benzene ring substituents is 1. The lowest BCUT2D eigenvalue weighted by atomic mass is 10.1. The number of allylic oxidation sites excluding steroid dienone is 1. The van der Waals surface area contributed by atoms with Gasteiger partial charge in [0.25, 0.3) is 11.2 Å². The van der Waals surface area contributed by atoms with Crippen LogP contribution in [0.3, 0.4) is 0 Å². The van der Waals surface area contributed by atoms with Crippen LogP contribution in [-0.2, 0) is 0 Å². The van der Waals surface area contributed by atoms with Crippen molar-refractivity contribution in [2.24, 2.45) is 0 Å². The van der Waals surface area contributed by atoms with Crippen molar-refractivity contribution in [1.29, 1.82) is 0 Å². The van der Waals surface area contributed by atoms with E-state index in [1.807, 2.05) is 0 Å². The van der Waals surface area contributed by atoms with Gasteiger partial charge in [0.05, 0.1) is 10.6 Å². The summed E-state index contributed by atoms with van der Waals surface area (Å²) in [5, 5.41) is 20.3. The first-order valence-electron chi connectivity index (χ1n) is 5.86. The minimum atomic E-state index is -0.577. The van der Waals surface area contributed by atoms with E-state index >= 15 is 0 Å². The van der Waals surface area contributed by atoms with Crippen molar-refractivity contribution >= 4 is 11.8 Å². The van der Waals surface area contributed by atoms with E-state index in [4.69, 9.17) is 0 Å². The van der Waals surface area contributed by atoms with Crippen LogP contribution in [0, 0.1) is 10.1 Å². The summed E-state index contributed by atoms with van der Waals surface area (Å²) < 4.78 is 1.24. The van der Waals surface area contributed by atoms with E-state index in [-0.39, 0.29) is 11.4 Å². The van der Waals surface area contributed by atoms with Crippen LogP contribution in [0.4, 0.5) is 5.69 Å². The molecule has 0 fully saturated rings. The van der Waals surface area contributed by atoms with Gasteiger partial charge in [-0.3, -0.25) is 19.5 Å². The Morgan fingerprint density at radius 3 is 2.75 bits per heavy atom. The smallest absolute Gasteiger partial charge is 0.297 e. The van der Waals surface area contributed by atoms with Gasteiger partial charge in [0, 0.05) is 23.9 Å². The standard InChI is InChI=1S/C14H12N2O4/c1-2-4-10-9-11(16(19)20)6-7-12(10)15-8-3-5-13(17)14(15)18/h2-9,17H,1H3/b4-2+. The number of nitro groups is 1. The van der Waals surface area contributed by atoms with Crippen LogP contribution in [-0.4, -0.2) is 14.6 Å². The van der Waals surface area contributed by atoms with Gasteiger partial charge in [-0.05, 0) is 25.1 Å². The molecule has 20 heavy (non-hydrogen) atoms. The van der Waals surface area contributed by atoms with Gasteiger partial charge >= 0.3 is 0 Å². The highest BCUT2D eigenvalue weighted by Crippen LogP contribution is 2.22. The maximum absolute atomic E-state index is 11.9. The van der Waals surface area contributed by atoms with E-state index in [0.717, 1.165) is 0 Å².